The van der Waals surface area contributed by atoms with Crippen molar-refractivity contribution in [3.05, 3.63) is 96.1 Å². The van der Waals surface area contributed by atoms with Crippen LogP contribution in [0.25, 0.3) is 0 Å². The van der Waals surface area contributed by atoms with Gasteiger partial charge in [-0.05, 0) is 55.4 Å². The first kappa shape index (κ1) is 19.7. The fourth-order valence-electron chi connectivity index (χ4n) is 4.00. The van der Waals surface area contributed by atoms with Gasteiger partial charge >= 0.3 is 0 Å². The van der Waals surface area contributed by atoms with Gasteiger partial charge in [0.25, 0.3) is 0 Å². The molecular weight excluding hydrogens is 382 g/mol. The van der Waals surface area contributed by atoms with Gasteiger partial charge in [0.05, 0.1) is 4.90 Å². The summed E-state index contributed by atoms with van der Waals surface area (Å²) in [7, 11) is -1.57. The summed E-state index contributed by atoms with van der Waals surface area (Å²) in [4.78, 5) is 2.46. The van der Waals surface area contributed by atoms with Gasteiger partial charge in [-0.25, -0.2) is 8.42 Å². The molecule has 1 aliphatic heterocycles. The molecule has 1 saturated heterocycles. The Kier molecular flexibility index (Phi) is 5.43. The van der Waals surface area contributed by atoms with Gasteiger partial charge in [-0.2, -0.15) is 0 Å². The molecule has 0 spiro atoms. The van der Waals surface area contributed by atoms with E-state index in [9.17, 15) is 8.42 Å². The summed E-state index contributed by atoms with van der Waals surface area (Å²) in [5, 5.41) is 0. The highest BCUT2D eigenvalue weighted by atomic mass is 32.2. The first-order valence-electron chi connectivity index (χ1n) is 9.77. The third-order valence-electron chi connectivity index (χ3n) is 5.62. The van der Waals surface area contributed by atoms with Crippen molar-refractivity contribution in [2.45, 2.75) is 22.7 Å². The highest BCUT2D eigenvalue weighted by molar-refractivity contribution is 7.92. The molecule has 150 valence electrons. The second-order valence-corrected chi connectivity index (χ2v) is 9.86. The predicted molar refractivity (Wildman–Crippen MR) is 115 cm³/mol. The summed E-state index contributed by atoms with van der Waals surface area (Å²) in [5.41, 5.74) is 1.91. The van der Waals surface area contributed by atoms with Crippen molar-refractivity contribution < 1.29 is 13.2 Å². The van der Waals surface area contributed by atoms with E-state index in [1.807, 2.05) is 67.7 Å². The Labute approximate surface area is 172 Å². The van der Waals surface area contributed by atoms with Gasteiger partial charge in [-0.1, -0.05) is 60.7 Å². The molecule has 1 aliphatic rings. The van der Waals surface area contributed by atoms with Crippen molar-refractivity contribution in [1.82, 2.24) is 4.90 Å². The molecule has 1 unspecified atom stereocenters. The highest BCUT2D eigenvalue weighted by Gasteiger charge is 2.50. The van der Waals surface area contributed by atoms with Gasteiger partial charge < -0.3 is 9.64 Å². The van der Waals surface area contributed by atoms with Crippen molar-refractivity contribution in [2.24, 2.45) is 0 Å². The Bertz CT molecular complexity index is 1050. The molecule has 0 aromatic heterocycles. The molecule has 0 N–H and O–H groups in total. The molecule has 0 radical (unpaired) electrons. The first-order valence-corrected chi connectivity index (χ1v) is 11.3. The summed E-state index contributed by atoms with van der Waals surface area (Å²) < 4.78 is 32.2. The molecule has 4 rings (SSSR count). The number of likely N-dealkylation sites (N-methyl/N-ethyl adjacent to an activating group) is 1. The topological polar surface area (TPSA) is 46.6 Å². The largest absolute Gasteiger partial charge is 0.489 e. The number of hydrogen-bond donors (Lipinski definition) is 0. The van der Waals surface area contributed by atoms with Crippen molar-refractivity contribution in [1.29, 1.82) is 0 Å². The van der Waals surface area contributed by atoms with E-state index in [-0.39, 0.29) is 0 Å². The number of benzene rings is 3. The van der Waals surface area contributed by atoms with E-state index >= 15 is 0 Å². The third-order valence-corrected chi connectivity index (χ3v) is 8.11. The Morgan fingerprint density at radius 1 is 0.897 bits per heavy atom. The Hall–Kier alpha value is -2.63. The van der Waals surface area contributed by atoms with Crippen LogP contribution in [-0.4, -0.2) is 33.5 Å². The lowest BCUT2D eigenvalue weighted by Crippen LogP contribution is -2.38. The molecule has 0 amide bonds. The number of nitrogens with zero attached hydrogens (tertiary/aromatic N) is 1. The molecule has 3 aromatic carbocycles. The van der Waals surface area contributed by atoms with Crippen LogP contribution >= 0.6 is 0 Å². The summed E-state index contributed by atoms with van der Waals surface area (Å²) in [5.74, 6) is 0.733. The lowest BCUT2D eigenvalue weighted by atomic mass is 9.97. The number of hydrogen-bond acceptors (Lipinski definition) is 4. The minimum atomic E-state index is -3.54. The van der Waals surface area contributed by atoms with Crippen molar-refractivity contribution in [2.75, 3.05) is 20.1 Å². The lowest BCUT2D eigenvalue weighted by molar-refractivity contribution is 0.306. The number of ether oxygens (including phenoxy) is 1. The van der Waals surface area contributed by atoms with Crippen LogP contribution < -0.4 is 4.74 Å². The van der Waals surface area contributed by atoms with Crippen LogP contribution in [0.5, 0.6) is 5.75 Å². The van der Waals surface area contributed by atoms with E-state index < -0.39 is 14.6 Å². The molecule has 1 atom stereocenters. The van der Waals surface area contributed by atoms with E-state index in [1.54, 1.807) is 24.3 Å². The molecule has 29 heavy (non-hydrogen) atoms. The van der Waals surface area contributed by atoms with Gasteiger partial charge in [-0.3, -0.25) is 0 Å². The molecule has 5 heteroatoms. The molecule has 1 heterocycles. The van der Waals surface area contributed by atoms with Crippen LogP contribution in [0, 0.1) is 0 Å². The van der Waals surface area contributed by atoms with Gasteiger partial charge in [0.15, 0.2) is 9.84 Å². The standard InChI is InChI=1S/C24H25NO3S/c1-25-17-16-24(19-25,29(26,27)23-10-6-3-7-11-23)21-12-14-22(15-13-21)28-18-20-8-4-2-5-9-20/h2-15H,16-19H2,1H3. The number of likely N-dealkylation sites (tertiary alicyclic amines) is 1. The third kappa shape index (κ3) is 3.80. The van der Waals surface area contributed by atoms with Gasteiger partial charge in [0, 0.05) is 6.54 Å². The molecule has 0 bridgehead atoms. The molecular formula is C24H25NO3S. The van der Waals surface area contributed by atoms with Crippen LogP contribution in [0.1, 0.15) is 17.5 Å². The van der Waals surface area contributed by atoms with E-state index in [0.717, 1.165) is 23.4 Å². The minimum Gasteiger partial charge on any atom is -0.489 e. The highest BCUT2D eigenvalue weighted by Crippen LogP contribution is 2.43. The first-order chi connectivity index (χ1) is 14.0. The molecule has 4 nitrogen and oxygen atoms in total. The molecule has 0 aliphatic carbocycles. The van der Waals surface area contributed by atoms with Gasteiger partial charge in [0.1, 0.15) is 17.1 Å². The van der Waals surface area contributed by atoms with Crippen molar-refractivity contribution in [3.63, 3.8) is 0 Å². The summed E-state index contributed by atoms with van der Waals surface area (Å²) in [6.45, 7) is 1.71. The molecule has 3 aromatic rings. The maximum atomic E-state index is 13.6. The molecule has 0 saturated carbocycles. The van der Waals surface area contributed by atoms with Gasteiger partial charge in [0.2, 0.25) is 0 Å². The summed E-state index contributed by atoms with van der Waals surface area (Å²) in [6.07, 6.45) is 0.574. The summed E-state index contributed by atoms with van der Waals surface area (Å²) >= 11 is 0. The second-order valence-electron chi connectivity index (χ2n) is 7.60. The van der Waals surface area contributed by atoms with Crippen LogP contribution in [-0.2, 0) is 21.2 Å². The average Bonchev–Trinajstić information content (AvgIpc) is 3.17. The van der Waals surface area contributed by atoms with E-state index in [1.165, 1.54) is 0 Å². The van der Waals surface area contributed by atoms with Crippen LogP contribution in [0.15, 0.2) is 89.8 Å². The fraction of sp³-hybridized carbons (Fsp3) is 0.250. The second kappa shape index (κ2) is 8.01. The SMILES string of the molecule is CN1CCC(c2ccc(OCc3ccccc3)cc2)(S(=O)(=O)c2ccccc2)C1. The number of sulfone groups is 1. The fourth-order valence-corrected chi connectivity index (χ4v) is 6.16. The Morgan fingerprint density at radius 3 is 2.10 bits per heavy atom. The van der Waals surface area contributed by atoms with E-state index in [0.29, 0.717) is 24.5 Å². The molecule has 1 fully saturated rings. The van der Waals surface area contributed by atoms with Crippen LogP contribution in [0.3, 0.4) is 0 Å². The maximum absolute atomic E-state index is 13.6. The number of rotatable bonds is 6. The average molecular weight is 408 g/mol. The zero-order valence-corrected chi connectivity index (χ0v) is 17.3. The van der Waals surface area contributed by atoms with Crippen LogP contribution in [0.4, 0.5) is 0 Å². The smallest absolute Gasteiger partial charge is 0.189 e. The van der Waals surface area contributed by atoms with Crippen molar-refractivity contribution >= 4 is 9.84 Å². The van der Waals surface area contributed by atoms with Gasteiger partial charge in [-0.15, -0.1) is 0 Å². The zero-order valence-electron chi connectivity index (χ0n) is 16.5. The Morgan fingerprint density at radius 2 is 1.52 bits per heavy atom. The van der Waals surface area contributed by atoms with E-state index in [4.69, 9.17) is 4.74 Å². The predicted octanol–water partition coefficient (Wildman–Crippen LogP) is 4.27. The Balaban J connectivity index is 1.63. The normalized spacial score (nSPS) is 19.9. The van der Waals surface area contributed by atoms with Crippen molar-refractivity contribution in [3.8, 4) is 5.75 Å². The summed E-state index contributed by atoms with van der Waals surface area (Å²) in [6, 6.07) is 26.3. The lowest BCUT2D eigenvalue weighted by Gasteiger charge is -2.29. The zero-order chi connectivity index (χ0) is 20.3. The minimum absolute atomic E-state index is 0.375. The van der Waals surface area contributed by atoms with Crippen LogP contribution in [0.2, 0.25) is 0 Å². The quantitative estimate of drug-likeness (QED) is 0.612. The van der Waals surface area contributed by atoms with E-state index in [2.05, 4.69) is 4.90 Å². The monoisotopic (exact) mass is 407 g/mol. The maximum Gasteiger partial charge on any atom is 0.189 e.